The number of carbonyl (C=O) groups is 2. The van der Waals surface area contributed by atoms with E-state index in [0.29, 0.717) is 17.5 Å². The van der Waals surface area contributed by atoms with Gasteiger partial charge in [0.2, 0.25) is 0 Å². The first-order valence-corrected chi connectivity index (χ1v) is 17.2. The highest BCUT2D eigenvalue weighted by molar-refractivity contribution is 7.86. The van der Waals surface area contributed by atoms with Crippen molar-refractivity contribution in [3.05, 3.63) is 58.4 Å². The lowest BCUT2D eigenvalue weighted by Crippen LogP contribution is -2.37. The Kier molecular flexibility index (Phi) is 7.75. The molecule has 0 spiro atoms. The molecular weight excluding hydrogens is 636 g/mol. The highest BCUT2D eigenvalue weighted by Gasteiger charge is 2.38. The van der Waals surface area contributed by atoms with Crippen molar-refractivity contribution < 1.29 is 45.1 Å². The summed E-state index contributed by atoms with van der Waals surface area (Å²) in [5.41, 5.74) is -1.23. The van der Waals surface area contributed by atoms with Gasteiger partial charge in [-0.25, -0.2) is 4.79 Å². The molecule has 0 saturated carbocycles. The van der Waals surface area contributed by atoms with Gasteiger partial charge in [-0.15, -0.1) is 0 Å². The number of ketones is 1. The summed E-state index contributed by atoms with van der Waals surface area (Å²) in [6, 6.07) is 8.30. The zero-order valence-electron chi connectivity index (χ0n) is 26.0. The summed E-state index contributed by atoms with van der Waals surface area (Å²) in [5.74, 6) is -2.40. The summed E-state index contributed by atoms with van der Waals surface area (Å²) in [4.78, 5) is 23.8. The highest BCUT2D eigenvalue weighted by Crippen LogP contribution is 2.50. The van der Waals surface area contributed by atoms with E-state index in [-0.39, 0.29) is 51.4 Å². The van der Waals surface area contributed by atoms with Gasteiger partial charge in [0.1, 0.15) is 5.78 Å². The van der Waals surface area contributed by atoms with Gasteiger partial charge in [0.05, 0.1) is 16.6 Å². The molecule has 2 aromatic rings. The van der Waals surface area contributed by atoms with Gasteiger partial charge in [-0.05, 0) is 67.1 Å². The van der Waals surface area contributed by atoms with E-state index in [1.54, 1.807) is 32.9 Å². The Bertz CT molecular complexity index is 2230. The van der Waals surface area contributed by atoms with Crippen LogP contribution in [0, 0.1) is 10.8 Å². The molecule has 3 aliphatic rings. The van der Waals surface area contributed by atoms with Crippen molar-refractivity contribution in [3.8, 4) is 22.5 Å². The van der Waals surface area contributed by atoms with Crippen molar-refractivity contribution in [1.29, 1.82) is 5.41 Å². The first-order valence-electron chi connectivity index (χ1n) is 14.3. The molecule has 5 N–H and O–H groups in total. The number of carboxylic acids is 1. The minimum Gasteiger partial charge on any atom is -0.478 e. The molecular formula is C32H34N2O10S2. The van der Waals surface area contributed by atoms with Crippen LogP contribution in [0.25, 0.3) is 33.4 Å². The van der Waals surface area contributed by atoms with E-state index in [2.05, 4.69) is 5.32 Å². The molecule has 0 amide bonds. The van der Waals surface area contributed by atoms with Crippen LogP contribution >= 0.6 is 0 Å². The standard InChI is InChI=1S/C32H34N2O10S2/c1-15-14-32(5,6)34-25-19(15)13-21-24(17-8-7-16(11-20(17)30(36)37)12-23(35)31(2,3)4)18-9-10-22(33)28(45(38,39)40)26(18)44-27(21)29(25)46(41,42)43/h7-11,13,15,33-34H,12,14H2,1-6H3,(H,36,37)(H,38,39,40)(H,41,42,43). The second kappa shape index (κ2) is 10.7. The number of anilines is 1. The lowest BCUT2D eigenvalue weighted by Gasteiger charge is -2.38. The van der Waals surface area contributed by atoms with Crippen LogP contribution in [0.5, 0.6) is 0 Å². The predicted molar refractivity (Wildman–Crippen MR) is 170 cm³/mol. The van der Waals surface area contributed by atoms with Gasteiger partial charge in [0, 0.05) is 33.9 Å². The number of Topliss-reactive ketones (excluding diaryl/α,β-unsaturated/α-hetero) is 1. The fourth-order valence-corrected chi connectivity index (χ4v) is 7.72. The maximum atomic E-state index is 13.1. The molecule has 244 valence electrons. The van der Waals surface area contributed by atoms with E-state index in [1.165, 1.54) is 18.2 Å². The molecule has 5 rings (SSSR count). The summed E-state index contributed by atoms with van der Waals surface area (Å²) in [5, 5.41) is 21.1. The molecule has 2 aliphatic heterocycles. The monoisotopic (exact) mass is 670 g/mol. The fraction of sp³-hybridized carbons (Fsp3) is 0.344. The van der Waals surface area contributed by atoms with Crippen LogP contribution < -0.4 is 10.7 Å². The number of rotatable bonds is 6. The van der Waals surface area contributed by atoms with E-state index < -0.39 is 63.7 Å². The minimum absolute atomic E-state index is 0.0160. The molecule has 2 aromatic carbocycles. The highest BCUT2D eigenvalue weighted by atomic mass is 32.2. The van der Waals surface area contributed by atoms with Crippen molar-refractivity contribution >= 4 is 48.6 Å². The van der Waals surface area contributed by atoms with E-state index in [9.17, 15) is 40.6 Å². The van der Waals surface area contributed by atoms with Crippen molar-refractivity contribution in [2.45, 2.75) is 75.6 Å². The second-order valence-corrected chi connectivity index (χ2v) is 16.2. The number of nitrogens with one attached hydrogen (secondary N) is 2. The number of aromatic carboxylic acids is 1. The fourth-order valence-electron chi connectivity index (χ4n) is 6.18. The zero-order chi connectivity index (χ0) is 34.3. The second-order valence-electron chi connectivity index (χ2n) is 13.4. The Morgan fingerprint density at radius 2 is 1.61 bits per heavy atom. The molecule has 46 heavy (non-hydrogen) atoms. The molecule has 0 aromatic heterocycles. The quantitative estimate of drug-likeness (QED) is 0.123. The van der Waals surface area contributed by atoms with Crippen LogP contribution in [-0.4, -0.2) is 48.3 Å². The largest absolute Gasteiger partial charge is 0.478 e. The third kappa shape index (κ3) is 5.81. The van der Waals surface area contributed by atoms with Gasteiger partial charge < -0.3 is 14.8 Å². The molecule has 12 nitrogen and oxygen atoms in total. The van der Waals surface area contributed by atoms with Gasteiger partial charge in [0.15, 0.2) is 21.1 Å². The Balaban J connectivity index is 2.02. The Hall–Kier alpha value is -4.11. The summed E-state index contributed by atoms with van der Waals surface area (Å²) in [6.45, 7) is 10.8. The average Bonchev–Trinajstić information content (AvgIpc) is 2.88. The third-order valence-corrected chi connectivity index (χ3v) is 10.1. The molecule has 1 aliphatic carbocycles. The van der Waals surface area contributed by atoms with Crippen LogP contribution in [0.15, 0.2) is 50.6 Å². The number of fused-ring (bicyclic) bond motifs is 3. The number of carboxylic acid groups (broad SMARTS) is 1. The third-order valence-electron chi connectivity index (χ3n) is 8.23. The van der Waals surface area contributed by atoms with Crippen LogP contribution in [0.3, 0.4) is 0 Å². The molecule has 2 heterocycles. The van der Waals surface area contributed by atoms with Gasteiger partial charge in [-0.2, -0.15) is 16.8 Å². The summed E-state index contributed by atoms with van der Waals surface area (Å²) < 4.78 is 78.0. The first-order chi connectivity index (χ1) is 21.0. The van der Waals surface area contributed by atoms with Crippen molar-refractivity contribution in [2.75, 3.05) is 5.32 Å². The molecule has 14 heteroatoms. The van der Waals surface area contributed by atoms with Gasteiger partial charge in [-0.3, -0.25) is 19.3 Å². The predicted octanol–water partition coefficient (Wildman–Crippen LogP) is 5.73. The van der Waals surface area contributed by atoms with E-state index in [0.717, 1.165) is 6.07 Å². The summed E-state index contributed by atoms with van der Waals surface area (Å²) in [6.07, 6.45) is 0.493. The minimum atomic E-state index is -5.14. The molecule has 0 radical (unpaired) electrons. The first kappa shape index (κ1) is 33.3. The SMILES string of the molecule is CC1CC(C)(C)Nc2c1cc1c(-c3ccc(CC(=O)C(C)(C)C)cc3C(=O)O)c3ccc(=N)c(S(=O)(=O)O)c-3oc1c2S(=O)(=O)O. The number of carbonyl (C=O) groups excluding carboxylic acids is 1. The van der Waals surface area contributed by atoms with Crippen LogP contribution in [0.4, 0.5) is 5.69 Å². The van der Waals surface area contributed by atoms with E-state index >= 15 is 0 Å². The van der Waals surface area contributed by atoms with E-state index in [4.69, 9.17) is 9.83 Å². The summed E-state index contributed by atoms with van der Waals surface area (Å²) >= 11 is 0. The smallest absolute Gasteiger partial charge is 0.336 e. The van der Waals surface area contributed by atoms with Gasteiger partial charge in [-0.1, -0.05) is 39.8 Å². The maximum Gasteiger partial charge on any atom is 0.336 e. The van der Waals surface area contributed by atoms with Crippen LogP contribution in [0.2, 0.25) is 0 Å². The Morgan fingerprint density at radius 3 is 2.17 bits per heavy atom. The Labute approximate surface area is 265 Å². The Morgan fingerprint density at radius 1 is 1.00 bits per heavy atom. The molecule has 1 unspecified atom stereocenters. The molecule has 1 atom stereocenters. The number of hydrogen-bond acceptors (Lipinski definition) is 9. The zero-order valence-corrected chi connectivity index (χ0v) is 27.6. The van der Waals surface area contributed by atoms with E-state index in [1.807, 2.05) is 20.8 Å². The number of hydrogen-bond donors (Lipinski definition) is 5. The molecule has 0 saturated heterocycles. The molecule has 0 fully saturated rings. The lowest BCUT2D eigenvalue weighted by atomic mass is 9.80. The number of benzene rings is 3. The topological polar surface area (TPSA) is 212 Å². The van der Waals surface area contributed by atoms with Crippen molar-refractivity contribution in [1.82, 2.24) is 0 Å². The normalized spacial score (nSPS) is 16.7. The maximum absolute atomic E-state index is 13.1. The molecule has 0 bridgehead atoms. The van der Waals surface area contributed by atoms with Crippen LogP contribution in [0.1, 0.15) is 75.4 Å². The van der Waals surface area contributed by atoms with Gasteiger partial charge in [0.25, 0.3) is 20.2 Å². The van der Waals surface area contributed by atoms with Gasteiger partial charge >= 0.3 is 5.97 Å². The van der Waals surface area contributed by atoms with Crippen LogP contribution in [-0.2, 0) is 31.5 Å². The van der Waals surface area contributed by atoms with Crippen molar-refractivity contribution in [3.63, 3.8) is 0 Å². The average molecular weight is 671 g/mol. The lowest BCUT2D eigenvalue weighted by molar-refractivity contribution is -0.125. The summed E-state index contributed by atoms with van der Waals surface area (Å²) in [7, 11) is -10.2. The van der Waals surface area contributed by atoms with Crippen molar-refractivity contribution in [2.24, 2.45) is 5.41 Å².